The van der Waals surface area contributed by atoms with Crippen molar-refractivity contribution < 1.29 is 14.3 Å². The summed E-state index contributed by atoms with van der Waals surface area (Å²) in [6, 6.07) is 11.2. The average molecular weight is 340 g/mol. The number of rotatable bonds is 5. The summed E-state index contributed by atoms with van der Waals surface area (Å²) in [7, 11) is 0. The Balaban J connectivity index is 2.07. The summed E-state index contributed by atoms with van der Waals surface area (Å²) in [5.41, 5.74) is 2.18. The van der Waals surface area contributed by atoms with Crippen molar-refractivity contribution in [3.8, 4) is 5.69 Å². The quantitative estimate of drug-likeness (QED) is 0.525. The Morgan fingerprint density at radius 3 is 2.58 bits per heavy atom. The fourth-order valence-electron chi connectivity index (χ4n) is 2.26. The van der Waals surface area contributed by atoms with Gasteiger partial charge in [-0.1, -0.05) is 23.8 Å². The van der Waals surface area contributed by atoms with Gasteiger partial charge < -0.3 is 4.74 Å². The zero-order valence-electron chi connectivity index (χ0n) is 13.4. The van der Waals surface area contributed by atoms with Crippen molar-refractivity contribution >= 4 is 23.1 Å². The van der Waals surface area contributed by atoms with Gasteiger partial charge in [-0.05, 0) is 37.4 Å². The summed E-state index contributed by atoms with van der Waals surface area (Å²) in [5.74, 6) is -0.824. The fourth-order valence-corrected chi connectivity index (χ4v) is 2.94. The van der Waals surface area contributed by atoms with Gasteiger partial charge in [0.1, 0.15) is 0 Å². The summed E-state index contributed by atoms with van der Waals surface area (Å²) in [5, 5.41) is 6.11. The summed E-state index contributed by atoms with van der Waals surface area (Å²) in [6.07, 6.45) is 1.58. The van der Waals surface area contributed by atoms with Crippen LogP contribution >= 0.6 is 11.3 Å². The molecule has 0 saturated carbocycles. The molecule has 3 aromatic rings. The predicted molar refractivity (Wildman–Crippen MR) is 92.0 cm³/mol. The number of thiophene rings is 1. The third-order valence-corrected chi connectivity index (χ3v) is 4.34. The maximum absolute atomic E-state index is 12.7. The summed E-state index contributed by atoms with van der Waals surface area (Å²) in [6.45, 7) is 3.93. The van der Waals surface area contributed by atoms with Gasteiger partial charge in [-0.2, -0.15) is 5.10 Å². The summed E-state index contributed by atoms with van der Waals surface area (Å²) in [4.78, 5) is 25.4. The van der Waals surface area contributed by atoms with Crippen molar-refractivity contribution in [3.05, 3.63) is 69.7 Å². The number of esters is 1. The molecule has 0 saturated heterocycles. The van der Waals surface area contributed by atoms with Gasteiger partial charge in [0.25, 0.3) is 0 Å². The van der Waals surface area contributed by atoms with Gasteiger partial charge in [0.2, 0.25) is 5.78 Å². The van der Waals surface area contributed by atoms with Crippen molar-refractivity contribution in [3.63, 3.8) is 0 Å². The van der Waals surface area contributed by atoms with Crippen LogP contribution in [0, 0.1) is 6.92 Å². The molecular formula is C18H16N2O3S. The third-order valence-electron chi connectivity index (χ3n) is 3.47. The van der Waals surface area contributed by atoms with Crippen molar-refractivity contribution in [1.29, 1.82) is 0 Å². The normalized spacial score (nSPS) is 10.6. The monoisotopic (exact) mass is 340 g/mol. The van der Waals surface area contributed by atoms with Gasteiger partial charge in [0, 0.05) is 6.20 Å². The van der Waals surface area contributed by atoms with Crippen molar-refractivity contribution in [1.82, 2.24) is 9.78 Å². The summed E-state index contributed by atoms with van der Waals surface area (Å²) < 4.78 is 6.58. The van der Waals surface area contributed by atoms with E-state index < -0.39 is 5.97 Å². The average Bonchev–Trinajstić information content (AvgIpc) is 3.25. The van der Waals surface area contributed by atoms with E-state index in [0.29, 0.717) is 4.88 Å². The number of ether oxygens (including phenoxy) is 1. The highest BCUT2D eigenvalue weighted by atomic mass is 32.1. The highest BCUT2D eigenvalue weighted by Crippen LogP contribution is 2.20. The Hall–Kier alpha value is -2.73. The second kappa shape index (κ2) is 6.80. The lowest BCUT2D eigenvalue weighted by atomic mass is 10.1. The molecule has 0 spiro atoms. The van der Waals surface area contributed by atoms with Crippen LogP contribution in [0.3, 0.4) is 0 Å². The number of hydrogen-bond donors (Lipinski definition) is 0. The van der Waals surface area contributed by atoms with Crippen LogP contribution < -0.4 is 0 Å². The molecule has 0 bridgehead atoms. The van der Waals surface area contributed by atoms with E-state index in [0.717, 1.165) is 11.3 Å². The van der Waals surface area contributed by atoms with Crippen molar-refractivity contribution in [2.45, 2.75) is 13.8 Å². The van der Waals surface area contributed by atoms with Gasteiger partial charge in [-0.15, -0.1) is 11.3 Å². The molecule has 0 fully saturated rings. The molecule has 122 valence electrons. The van der Waals surface area contributed by atoms with Crippen LogP contribution in [0.25, 0.3) is 5.69 Å². The Kier molecular flexibility index (Phi) is 4.57. The van der Waals surface area contributed by atoms with E-state index in [1.54, 1.807) is 25.3 Å². The zero-order chi connectivity index (χ0) is 17.1. The first-order valence-corrected chi connectivity index (χ1v) is 8.40. The number of benzene rings is 1. The minimum atomic E-state index is -0.594. The second-order valence-corrected chi connectivity index (χ2v) is 6.15. The molecule has 0 aliphatic rings. The van der Waals surface area contributed by atoms with Crippen molar-refractivity contribution in [2.24, 2.45) is 0 Å². The van der Waals surface area contributed by atoms with Gasteiger partial charge >= 0.3 is 5.97 Å². The molecule has 24 heavy (non-hydrogen) atoms. The molecule has 0 atom stereocenters. The highest BCUT2D eigenvalue weighted by Gasteiger charge is 2.25. The maximum atomic E-state index is 12.7. The lowest BCUT2D eigenvalue weighted by Gasteiger charge is -2.01. The van der Waals surface area contributed by atoms with E-state index in [9.17, 15) is 9.59 Å². The highest BCUT2D eigenvalue weighted by molar-refractivity contribution is 7.12. The fraction of sp³-hybridized carbons (Fsp3) is 0.167. The van der Waals surface area contributed by atoms with E-state index in [-0.39, 0.29) is 23.6 Å². The van der Waals surface area contributed by atoms with E-state index >= 15 is 0 Å². The number of carbonyl (C=O) groups is 2. The molecule has 6 heteroatoms. The summed E-state index contributed by atoms with van der Waals surface area (Å²) >= 11 is 1.33. The molecule has 5 nitrogen and oxygen atoms in total. The molecule has 0 amide bonds. The molecule has 0 unspecified atom stereocenters. The van der Waals surface area contributed by atoms with Crippen LogP contribution in [0.2, 0.25) is 0 Å². The Bertz CT molecular complexity index is 864. The molecular weight excluding hydrogens is 324 g/mol. The molecule has 0 aliphatic heterocycles. The molecule has 3 rings (SSSR count). The van der Waals surface area contributed by atoms with E-state index in [4.69, 9.17) is 4.74 Å². The zero-order valence-corrected chi connectivity index (χ0v) is 14.2. The molecule has 2 aromatic heterocycles. The lowest BCUT2D eigenvalue weighted by Crippen LogP contribution is -2.11. The molecule has 0 aliphatic carbocycles. The first-order chi connectivity index (χ1) is 11.6. The van der Waals surface area contributed by atoms with Gasteiger partial charge in [0.05, 0.1) is 22.7 Å². The Morgan fingerprint density at radius 1 is 1.21 bits per heavy atom. The third kappa shape index (κ3) is 3.14. The van der Waals surface area contributed by atoms with E-state index in [2.05, 4.69) is 5.10 Å². The Labute approximate surface area is 143 Å². The van der Waals surface area contributed by atoms with Gasteiger partial charge in [-0.25, -0.2) is 9.48 Å². The first kappa shape index (κ1) is 16.1. The maximum Gasteiger partial charge on any atom is 0.359 e. The van der Waals surface area contributed by atoms with E-state index in [1.165, 1.54) is 16.0 Å². The molecule has 2 heterocycles. The smallest absolute Gasteiger partial charge is 0.359 e. The molecule has 0 N–H and O–H groups in total. The van der Waals surface area contributed by atoms with Crippen LogP contribution in [0.5, 0.6) is 0 Å². The second-order valence-electron chi connectivity index (χ2n) is 5.20. The largest absolute Gasteiger partial charge is 0.461 e. The van der Waals surface area contributed by atoms with Crippen LogP contribution in [0.1, 0.15) is 38.2 Å². The SMILES string of the molecule is CCOC(=O)c1nn(-c2ccc(C)cc2)cc1C(=O)c1cccs1. The molecule has 0 radical (unpaired) electrons. The van der Waals surface area contributed by atoms with Crippen LogP contribution in [-0.2, 0) is 4.74 Å². The number of aryl methyl sites for hydroxylation is 1. The Morgan fingerprint density at radius 2 is 1.96 bits per heavy atom. The number of ketones is 1. The topological polar surface area (TPSA) is 61.2 Å². The lowest BCUT2D eigenvalue weighted by molar-refractivity contribution is 0.0516. The standard InChI is InChI=1S/C18H16N2O3S/c1-3-23-18(22)16-14(17(21)15-5-4-10-24-15)11-20(19-16)13-8-6-12(2)7-9-13/h4-11H,3H2,1-2H3. The van der Waals surface area contributed by atoms with E-state index in [1.807, 2.05) is 36.6 Å². The first-order valence-electron chi connectivity index (χ1n) is 7.52. The van der Waals surface area contributed by atoms with Crippen molar-refractivity contribution in [2.75, 3.05) is 6.61 Å². The number of aromatic nitrogens is 2. The van der Waals surface area contributed by atoms with Crippen LogP contribution in [-0.4, -0.2) is 28.1 Å². The van der Waals surface area contributed by atoms with Crippen LogP contribution in [0.4, 0.5) is 0 Å². The minimum absolute atomic E-state index is 0.0378. The molecule has 1 aromatic carbocycles. The number of carbonyl (C=O) groups excluding carboxylic acids is 2. The number of nitrogens with zero attached hydrogens (tertiary/aromatic N) is 2. The van der Waals surface area contributed by atoms with Gasteiger partial charge in [-0.3, -0.25) is 4.79 Å². The minimum Gasteiger partial charge on any atom is -0.461 e. The predicted octanol–water partition coefficient (Wildman–Crippen LogP) is 3.65. The van der Waals surface area contributed by atoms with Gasteiger partial charge in [0.15, 0.2) is 5.69 Å². The van der Waals surface area contributed by atoms with Crippen LogP contribution in [0.15, 0.2) is 48.0 Å². The number of hydrogen-bond acceptors (Lipinski definition) is 5.